The van der Waals surface area contributed by atoms with Gasteiger partial charge in [0.15, 0.2) is 0 Å². The Hall–Kier alpha value is -0.830. The summed E-state index contributed by atoms with van der Waals surface area (Å²) in [5.74, 6) is 1.45. The molecule has 0 saturated carbocycles. The van der Waals surface area contributed by atoms with Crippen molar-refractivity contribution >= 4 is 17.4 Å². The summed E-state index contributed by atoms with van der Waals surface area (Å²) in [4.78, 5) is 8.19. The molecular weight excluding hydrogens is 234 g/mol. The van der Waals surface area contributed by atoms with Gasteiger partial charge in [0.2, 0.25) is 0 Å². The molecule has 17 heavy (non-hydrogen) atoms. The van der Waals surface area contributed by atoms with Crippen LogP contribution in [0.3, 0.4) is 0 Å². The molecule has 0 radical (unpaired) electrons. The van der Waals surface area contributed by atoms with Crippen LogP contribution < -0.4 is 5.32 Å². The van der Waals surface area contributed by atoms with Gasteiger partial charge in [-0.3, -0.25) is 0 Å². The van der Waals surface area contributed by atoms with Gasteiger partial charge in [0.25, 0.3) is 0 Å². The third-order valence-electron chi connectivity index (χ3n) is 1.31. The first-order chi connectivity index (χ1) is 7.87. The number of nitrogens with one attached hydrogen (secondary N) is 1. The van der Waals surface area contributed by atoms with Crippen molar-refractivity contribution in [3.63, 3.8) is 0 Å². The normalized spacial score (nSPS) is 9.47. The Balaban J connectivity index is 0. The minimum Gasteiger partial charge on any atom is -0.365 e. The van der Waals surface area contributed by atoms with E-state index in [2.05, 4.69) is 36.1 Å². The minimum absolute atomic E-state index is 0.00980. The molecule has 1 heterocycles. The van der Waals surface area contributed by atoms with E-state index in [-0.39, 0.29) is 5.54 Å². The fraction of sp³-hybridized carbons (Fsp3) is 0.692. The summed E-state index contributed by atoms with van der Waals surface area (Å²) in [7, 11) is 0. The van der Waals surface area contributed by atoms with Crippen LogP contribution >= 0.6 is 11.6 Å². The van der Waals surface area contributed by atoms with Gasteiger partial charge in [0, 0.05) is 11.6 Å². The molecule has 0 aliphatic carbocycles. The first kappa shape index (κ1) is 18.5. The number of rotatable bonds is 1. The number of halogens is 1. The van der Waals surface area contributed by atoms with Gasteiger partial charge in [-0.2, -0.15) is 0 Å². The van der Waals surface area contributed by atoms with Crippen LogP contribution in [0.5, 0.6) is 0 Å². The smallest absolute Gasteiger partial charge is 0.134 e. The highest BCUT2D eigenvalue weighted by molar-refractivity contribution is 6.29. The number of nitrogens with zero attached hydrogens (tertiary/aromatic N) is 2. The van der Waals surface area contributed by atoms with Crippen LogP contribution in [-0.4, -0.2) is 15.5 Å². The van der Waals surface area contributed by atoms with E-state index in [1.54, 1.807) is 6.07 Å². The number of aryl methyl sites for hydroxylation is 1. The second kappa shape index (κ2) is 9.23. The molecule has 0 aliphatic heterocycles. The summed E-state index contributed by atoms with van der Waals surface area (Å²) < 4.78 is 0. The molecule has 0 amide bonds. The molecule has 4 heteroatoms. The molecule has 1 N–H and O–H groups in total. The van der Waals surface area contributed by atoms with Crippen LogP contribution in [0.1, 0.15) is 54.3 Å². The Kier molecular flexibility index (Phi) is 10.1. The monoisotopic (exact) mass is 259 g/mol. The van der Waals surface area contributed by atoms with Crippen molar-refractivity contribution in [3.8, 4) is 0 Å². The zero-order chi connectivity index (χ0) is 14.1. The van der Waals surface area contributed by atoms with Gasteiger partial charge < -0.3 is 5.32 Å². The summed E-state index contributed by atoms with van der Waals surface area (Å²) in [6.07, 6.45) is 0. The predicted octanol–water partition coefficient (Wildman–Crippen LogP) is 4.70. The van der Waals surface area contributed by atoms with Crippen molar-refractivity contribution in [2.24, 2.45) is 0 Å². The van der Waals surface area contributed by atoms with E-state index in [4.69, 9.17) is 11.6 Å². The lowest BCUT2D eigenvalue weighted by Gasteiger charge is -2.21. The Morgan fingerprint density at radius 3 is 1.88 bits per heavy atom. The molecule has 1 aromatic heterocycles. The summed E-state index contributed by atoms with van der Waals surface area (Å²) in [6.45, 7) is 16.0. The Morgan fingerprint density at radius 2 is 1.53 bits per heavy atom. The molecule has 0 unspecified atom stereocenters. The zero-order valence-corrected chi connectivity index (χ0v) is 13.1. The van der Waals surface area contributed by atoms with Crippen molar-refractivity contribution < 1.29 is 0 Å². The highest BCUT2D eigenvalue weighted by Gasteiger charge is 2.10. The maximum Gasteiger partial charge on any atom is 0.134 e. The quantitative estimate of drug-likeness (QED) is 0.743. The maximum atomic E-state index is 5.79. The molecule has 0 aliphatic rings. The molecule has 0 atom stereocenters. The largest absolute Gasteiger partial charge is 0.365 e. The SMILES string of the molecule is CC.CC.Cc1nc(Cl)cc(NC(C)(C)C)n1. The number of anilines is 1. The van der Waals surface area contributed by atoms with Gasteiger partial charge >= 0.3 is 0 Å². The number of aromatic nitrogens is 2. The van der Waals surface area contributed by atoms with Crippen LogP contribution in [0.25, 0.3) is 0 Å². The third-order valence-corrected chi connectivity index (χ3v) is 1.50. The van der Waals surface area contributed by atoms with Crippen LogP contribution in [0.15, 0.2) is 6.07 Å². The van der Waals surface area contributed by atoms with E-state index in [9.17, 15) is 0 Å². The van der Waals surface area contributed by atoms with E-state index >= 15 is 0 Å². The van der Waals surface area contributed by atoms with E-state index in [1.807, 2.05) is 34.6 Å². The fourth-order valence-electron chi connectivity index (χ4n) is 0.980. The predicted molar refractivity (Wildman–Crippen MR) is 77.9 cm³/mol. The van der Waals surface area contributed by atoms with Crippen molar-refractivity contribution in [3.05, 3.63) is 17.0 Å². The summed E-state index contributed by atoms with van der Waals surface area (Å²) in [5.41, 5.74) is -0.00980. The average Bonchev–Trinajstić information content (AvgIpc) is 2.19. The third kappa shape index (κ3) is 10.1. The van der Waals surface area contributed by atoms with E-state index < -0.39 is 0 Å². The average molecular weight is 260 g/mol. The molecule has 1 rings (SSSR count). The number of hydrogen-bond donors (Lipinski definition) is 1. The Morgan fingerprint density at radius 1 is 1.06 bits per heavy atom. The molecule has 3 nitrogen and oxygen atoms in total. The van der Waals surface area contributed by atoms with Crippen molar-refractivity contribution in [2.75, 3.05) is 5.32 Å². The van der Waals surface area contributed by atoms with Gasteiger partial charge in [-0.05, 0) is 27.7 Å². The molecule has 1 aromatic rings. The van der Waals surface area contributed by atoms with Gasteiger partial charge in [0.05, 0.1) is 0 Å². The zero-order valence-electron chi connectivity index (χ0n) is 12.3. The van der Waals surface area contributed by atoms with E-state index in [1.165, 1.54) is 0 Å². The minimum atomic E-state index is -0.00980. The molecule has 0 bridgehead atoms. The Labute approximate surface area is 111 Å². The van der Waals surface area contributed by atoms with Gasteiger partial charge in [-0.15, -0.1) is 0 Å². The molecular formula is C13H26ClN3. The fourth-order valence-corrected chi connectivity index (χ4v) is 1.21. The number of hydrogen-bond acceptors (Lipinski definition) is 3. The highest BCUT2D eigenvalue weighted by Crippen LogP contribution is 2.15. The molecule has 0 spiro atoms. The molecule has 100 valence electrons. The van der Waals surface area contributed by atoms with Crippen LogP contribution in [0.2, 0.25) is 5.15 Å². The lowest BCUT2D eigenvalue weighted by atomic mass is 10.1. The van der Waals surface area contributed by atoms with Gasteiger partial charge in [-0.25, -0.2) is 9.97 Å². The van der Waals surface area contributed by atoms with Crippen molar-refractivity contribution in [1.82, 2.24) is 9.97 Å². The summed E-state index contributed by atoms with van der Waals surface area (Å²) in [5, 5.41) is 3.70. The Bertz CT molecular complexity index is 286. The lowest BCUT2D eigenvalue weighted by Crippen LogP contribution is -2.26. The summed E-state index contributed by atoms with van der Waals surface area (Å²) in [6, 6.07) is 1.72. The van der Waals surface area contributed by atoms with Gasteiger partial charge in [0.1, 0.15) is 16.8 Å². The highest BCUT2D eigenvalue weighted by atomic mass is 35.5. The molecule has 0 fully saturated rings. The van der Waals surface area contributed by atoms with Crippen LogP contribution in [0.4, 0.5) is 5.82 Å². The van der Waals surface area contributed by atoms with E-state index in [0.717, 1.165) is 5.82 Å². The first-order valence-electron chi connectivity index (χ1n) is 6.16. The topological polar surface area (TPSA) is 37.8 Å². The van der Waals surface area contributed by atoms with Crippen molar-refractivity contribution in [2.45, 2.75) is 60.9 Å². The lowest BCUT2D eigenvalue weighted by molar-refractivity contribution is 0.629. The second-order valence-corrected chi connectivity index (χ2v) is 4.39. The van der Waals surface area contributed by atoms with Crippen LogP contribution in [-0.2, 0) is 0 Å². The standard InChI is InChI=1S/C9H14ClN3.2C2H6/c1-6-11-7(10)5-8(12-6)13-9(2,3)4;2*1-2/h5H,1-4H3,(H,11,12,13);2*1-2H3. The van der Waals surface area contributed by atoms with Gasteiger partial charge in [-0.1, -0.05) is 39.3 Å². The second-order valence-electron chi connectivity index (χ2n) is 4.00. The van der Waals surface area contributed by atoms with E-state index in [0.29, 0.717) is 11.0 Å². The molecule has 0 aromatic carbocycles. The maximum absolute atomic E-state index is 5.79. The van der Waals surface area contributed by atoms with Crippen LogP contribution in [0, 0.1) is 6.92 Å². The first-order valence-corrected chi connectivity index (χ1v) is 6.54. The molecule has 0 saturated heterocycles. The van der Waals surface area contributed by atoms with Crippen molar-refractivity contribution in [1.29, 1.82) is 0 Å². The summed E-state index contributed by atoms with van der Waals surface area (Å²) >= 11 is 5.79.